The minimum absolute atomic E-state index is 0.0571. The molecule has 6 heteroatoms. The highest BCUT2D eigenvalue weighted by Gasteiger charge is 2.47. The zero-order valence-electron chi connectivity index (χ0n) is 23.7. The minimum Gasteiger partial charge on any atom is -0.302 e. The van der Waals surface area contributed by atoms with Crippen molar-refractivity contribution >= 4 is 46.7 Å². The van der Waals surface area contributed by atoms with Crippen molar-refractivity contribution in [2.24, 2.45) is 0 Å². The van der Waals surface area contributed by atoms with Gasteiger partial charge in [-0.15, -0.1) is 0 Å². The standard InChI is InChI=1S/C32H37Cl2O3P/c1-30(2,3)20-18-22(31(4,5)6)26(23(19-20)32(7,8)9)28(35)38(37,21-14-11-10-12-15-21)29(36)27-24(33)16-13-17-25(27)34/h10-19H,1-9H3. The number of halogens is 2. The lowest BCUT2D eigenvalue weighted by Crippen LogP contribution is -2.29. The number of carbonyl (C=O) groups excluding carboxylic acids is 2. The van der Waals surface area contributed by atoms with Crippen LogP contribution in [0, 0.1) is 0 Å². The first-order valence-corrected chi connectivity index (χ1v) is 15.2. The van der Waals surface area contributed by atoms with Crippen LogP contribution in [-0.4, -0.2) is 11.0 Å². The van der Waals surface area contributed by atoms with Crippen LogP contribution in [0.2, 0.25) is 10.0 Å². The van der Waals surface area contributed by atoms with Crippen molar-refractivity contribution < 1.29 is 14.2 Å². The summed E-state index contributed by atoms with van der Waals surface area (Å²) < 4.78 is 15.1. The molecular weight excluding hydrogens is 534 g/mol. The van der Waals surface area contributed by atoms with Crippen molar-refractivity contribution in [1.82, 2.24) is 0 Å². The highest BCUT2D eigenvalue weighted by Crippen LogP contribution is 2.55. The van der Waals surface area contributed by atoms with Crippen molar-refractivity contribution in [3.63, 3.8) is 0 Å². The first kappa shape index (κ1) is 30.4. The van der Waals surface area contributed by atoms with Gasteiger partial charge in [-0.25, -0.2) is 0 Å². The molecule has 0 saturated heterocycles. The van der Waals surface area contributed by atoms with E-state index in [1.165, 1.54) is 12.1 Å². The average Bonchev–Trinajstić information content (AvgIpc) is 2.80. The van der Waals surface area contributed by atoms with E-state index in [4.69, 9.17) is 23.2 Å². The third-order valence-electron chi connectivity index (χ3n) is 6.70. The first-order valence-electron chi connectivity index (χ1n) is 12.7. The predicted octanol–water partition coefficient (Wildman–Crippen LogP) is 9.56. The van der Waals surface area contributed by atoms with Gasteiger partial charge in [0.15, 0.2) is 0 Å². The Hall–Kier alpha value is -2.19. The largest absolute Gasteiger partial charge is 0.302 e. The third-order valence-corrected chi connectivity index (χ3v) is 9.95. The molecule has 38 heavy (non-hydrogen) atoms. The van der Waals surface area contributed by atoms with E-state index in [0.29, 0.717) is 5.56 Å². The number of hydrogen-bond donors (Lipinski definition) is 0. The van der Waals surface area contributed by atoms with Crippen molar-refractivity contribution in [1.29, 1.82) is 0 Å². The molecule has 3 aromatic carbocycles. The summed E-state index contributed by atoms with van der Waals surface area (Å²) in [5.74, 6) is 0. The second kappa shape index (κ2) is 10.4. The van der Waals surface area contributed by atoms with Crippen LogP contribution in [0.25, 0.3) is 0 Å². The van der Waals surface area contributed by atoms with Gasteiger partial charge in [0, 0.05) is 10.9 Å². The van der Waals surface area contributed by atoms with Gasteiger partial charge in [-0.05, 0) is 45.1 Å². The van der Waals surface area contributed by atoms with E-state index in [0.717, 1.165) is 16.7 Å². The Morgan fingerprint density at radius 3 is 1.42 bits per heavy atom. The van der Waals surface area contributed by atoms with Gasteiger partial charge < -0.3 is 4.57 Å². The van der Waals surface area contributed by atoms with Crippen LogP contribution in [0.1, 0.15) is 99.7 Å². The van der Waals surface area contributed by atoms with Crippen molar-refractivity contribution in [2.75, 3.05) is 0 Å². The second-order valence-corrected chi connectivity index (χ2v) is 16.2. The summed E-state index contributed by atoms with van der Waals surface area (Å²) in [5, 5.41) is 0.272. The number of carbonyl (C=O) groups is 2. The lowest BCUT2D eigenvalue weighted by atomic mass is 9.72. The number of rotatable bonds is 5. The normalized spacial score (nSPS) is 14.2. The molecule has 3 aromatic rings. The van der Waals surface area contributed by atoms with Gasteiger partial charge in [0.2, 0.25) is 18.2 Å². The summed E-state index contributed by atoms with van der Waals surface area (Å²) in [4.78, 5) is 29.0. The van der Waals surface area contributed by atoms with E-state index in [2.05, 4.69) is 20.8 Å². The van der Waals surface area contributed by atoms with Crippen LogP contribution in [0.5, 0.6) is 0 Å². The van der Waals surface area contributed by atoms with Gasteiger partial charge in [-0.2, -0.15) is 0 Å². The summed E-state index contributed by atoms with van der Waals surface area (Å²) in [7, 11) is -4.45. The Morgan fingerprint density at radius 2 is 1.03 bits per heavy atom. The highest BCUT2D eigenvalue weighted by atomic mass is 35.5. The van der Waals surface area contributed by atoms with Gasteiger partial charge in [-0.1, -0.05) is 134 Å². The van der Waals surface area contributed by atoms with E-state index in [9.17, 15) is 9.59 Å². The van der Waals surface area contributed by atoms with E-state index >= 15 is 4.57 Å². The SMILES string of the molecule is CC(C)(C)c1cc(C(C)(C)C)c(C(=O)P(=O)(C(=O)c2c(Cl)cccc2Cl)c2ccccc2)c(C(C)(C)C)c1. The maximum atomic E-state index is 15.1. The van der Waals surface area contributed by atoms with Crippen LogP contribution in [0.3, 0.4) is 0 Å². The fourth-order valence-electron chi connectivity index (χ4n) is 4.47. The summed E-state index contributed by atoms with van der Waals surface area (Å²) in [6.07, 6.45) is 0. The lowest BCUT2D eigenvalue weighted by Gasteiger charge is -2.34. The summed E-state index contributed by atoms with van der Waals surface area (Å²) in [6, 6.07) is 16.9. The highest BCUT2D eigenvalue weighted by molar-refractivity contribution is 8.01. The lowest BCUT2D eigenvalue weighted by molar-refractivity contribution is 0.103. The Kier molecular flexibility index (Phi) is 8.32. The quantitative estimate of drug-likeness (QED) is 0.287. The molecule has 0 aromatic heterocycles. The first-order chi connectivity index (χ1) is 17.3. The Morgan fingerprint density at radius 1 is 0.605 bits per heavy atom. The predicted molar refractivity (Wildman–Crippen MR) is 161 cm³/mol. The van der Waals surface area contributed by atoms with Gasteiger partial charge >= 0.3 is 0 Å². The molecule has 0 bridgehead atoms. The molecular formula is C32H37Cl2O3P. The fourth-order valence-corrected chi connectivity index (χ4v) is 7.53. The Bertz CT molecular complexity index is 1380. The van der Waals surface area contributed by atoms with Crippen molar-refractivity contribution in [2.45, 2.75) is 78.6 Å². The van der Waals surface area contributed by atoms with Gasteiger partial charge in [0.1, 0.15) is 0 Å². The molecule has 1 atom stereocenters. The summed E-state index contributed by atoms with van der Waals surface area (Å²) in [6.45, 7) is 18.5. The monoisotopic (exact) mass is 570 g/mol. The topological polar surface area (TPSA) is 51.2 Å². The molecule has 0 aliphatic carbocycles. The van der Waals surface area contributed by atoms with Crippen LogP contribution >= 0.6 is 30.3 Å². The molecule has 202 valence electrons. The van der Waals surface area contributed by atoms with E-state index in [1.807, 2.05) is 53.7 Å². The average molecular weight is 572 g/mol. The smallest absolute Gasteiger partial charge is 0.248 e. The van der Waals surface area contributed by atoms with E-state index in [1.54, 1.807) is 36.4 Å². The molecule has 0 radical (unpaired) electrons. The maximum Gasteiger partial charge on any atom is 0.248 e. The van der Waals surface area contributed by atoms with Crippen LogP contribution in [0.15, 0.2) is 60.7 Å². The third kappa shape index (κ3) is 5.71. The minimum atomic E-state index is -4.45. The molecule has 0 spiro atoms. The molecule has 0 N–H and O–H groups in total. The summed E-state index contributed by atoms with van der Waals surface area (Å²) in [5.41, 5.74) is 0.133. The zero-order chi connectivity index (χ0) is 28.8. The molecule has 3 nitrogen and oxygen atoms in total. The second-order valence-electron chi connectivity index (χ2n) is 12.8. The molecule has 0 heterocycles. The Balaban J connectivity index is 2.50. The molecule has 0 aliphatic heterocycles. The summed E-state index contributed by atoms with van der Waals surface area (Å²) >= 11 is 12.8. The van der Waals surface area contributed by atoms with Crippen molar-refractivity contribution in [3.8, 4) is 0 Å². The van der Waals surface area contributed by atoms with Crippen LogP contribution in [0.4, 0.5) is 0 Å². The molecule has 0 saturated carbocycles. The van der Waals surface area contributed by atoms with E-state index < -0.39 is 29.0 Å². The Labute approximate surface area is 237 Å². The zero-order valence-corrected chi connectivity index (χ0v) is 26.1. The molecule has 0 fully saturated rings. The van der Waals surface area contributed by atoms with Gasteiger partial charge in [0.05, 0.1) is 15.6 Å². The van der Waals surface area contributed by atoms with Crippen LogP contribution in [-0.2, 0) is 20.8 Å². The fraction of sp³-hybridized carbons (Fsp3) is 0.375. The molecule has 3 rings (SSSR count). The molecule has 0 amide bonds. The van der Waals surface area contributed by atoms with E-state index in [-0.39, 0.29) is 26.3 Å². The number of hydrogen-bond acceptors (Lipinski definition) is 3. The maximum absolute atomic E-state index is 15.1. The van der Waals surface area contributed by atoms with Crippen molar-refractivity contribution in [3.05, 3.63) is 98.5 Å². The molecule has 1 unspecified atom stereocenters. The number of benzene rings is 3. The van der Waals surface area contributed by atoms with Gasteiger partial charge in [0.25, 0.3) is 0 Å². The molecule has 0 aliphatic rings. The van der Waals surface area contributed by atoms with Gasteiger partial charge in [-0.3, -0.25) is 9.59 Å². The van der Waals surface area contributed by atoms with Crippen LogP contribution < -0.4 is 5.30 Å².